The van der Waals surface area contributed by atoms with Crippen molar-refractivity contribution in [1.29, 1.82) is 0 Å². The van der Waals surface area contributed by atoms with Crippen LogP contribution >= 0.6 is 27.7 Å². The second-order valence-electron chi connectivity index (χ2n) is 3.79. The zero-order chi connectivity index (χ0) is 12.0. The summed E-state index contributed by atoms with van der Waals surface area (Å²) in [6.07, 6.45) is 1.18. The van der Waals surface area contributed by atoms with Gasteiger partial charge in [0.05, 0.1) is 0 Å². The normalized spacial score (nSPS) is 12.8. The number of hydrogen-bond donors (Lipinski definition) is 1. The molecule has 1 unspecified atom stereocenters. The largest absolute Gasteiger partial charge is 0.310 e. The summed E-state index contributed by atoms with van der Waals surface area (Å²) in [7, 11) is 0. The SMILES string of the molecule is CCCNC(C)c1cc(Br)ccc1SCC. The average Bonchev–Trinajstić information content (AvgIpc) is 2.28. The lowest BCUT2D eigenvalue weighted by molar-refractivity contribution is 0.563. The molecule has 0 spiro atoms. The highest BCUT2D eigenvalue weighted by molar-refractivity contribution is 9.10. The predicted molar refractivity (Wildman–Crippen MR) is 77.2 cm³/mol. The first-order chi connectivity index (χ1) is 7.69. The Hall–Kier alpha value is 0.01000. The summed E-state index contributed by atoms with van der Waals surface area (Å²) >= 11 is 5.46. The first kappa shape index (κ1) is 14.1. The predicted octanol–water partition coefficient (Wildman–Crippen LogP) is 4.62. The van der Waals surface area contributed by atoms with Crippen LogP contribution in [0.1, 0.15) is 38.8 Å². The number of nitrogens with one attached hydrogen (secondary N) is 1. The minimum Gasteiger partial charge on any atom is -0.310 e. The fourth-order valence-corrected chi connectivity index (χ4v) is 2.87. The summed E-state index contributed by atoms with van der Waals surface area (Å²) < 4.78 is 1.16. The van der Waals surface area contributed by atoms with Crippen LogP contribution in [0.3, 0.4) is 0 Å². The third-order valence-corrected chi connectivity index (χ3v) is 3.90. The zero-order valence-corrected chi connectivity index (χ0v) is 12.6. The van der Waals surface area contributed by atoms with Crippen LogP contribution in [0.4, 0.5) is 0 Å². The summed E-state index contributed by atoms with van der Waals surface area (Å²) in [5.41, 5.74) is 1.40. The van der Waals surface area contributed by atoms with Crippen LogP contribution in [0.15, 0.2) is 27.6 Å². The molecule has 1 aromatic rings. The van der Waals surface area contributed by atoms with Crippen LogP contribution in [0.2, 0.25) is 0 Å². The smallest absolute Gasteiger partial charge is 0.0303 e. The van der Waals surface area contributed by atoms with Crippen LogP contribution in [0.5, 0.6) is 0 Å². The van der Waals surface area contributed by atoms with Gasteiger partial charge in [-0.15, -0.1) is 11.8 Å². The molecular formula is C13H20BrNS. The molecule has 3 heteroatoms. The van der Waals surface area contributed by atoms with Crippen molar-refractivity contribution in [3.8, 4) is 0 Å². The molecule has 0 bridgehead atoms. The van der Waals surface area contributed by atoms with Gasteiger partial charge in [-0.05, 0) is 49.4 Å². The molecule has 0 radical (unpaired) electrons. The molecule has 1 rings (SSSR count). The lowest BCUT2D eigenvalue weighted by atomic mass is 10.1. The quantitative estimate of drug-likeness (QED) is 0.769. The summed E-state index contributed by atoms with van der Waals surface area (Å²) in [5.74, 6) is 1.12. The number of thioether (sulfide) groups is 1. The highest BCUT2D eigenvalue weighted by Gasteiger charge is 2.10. The van der Waals surface area contributed by atoms with E-state index in [2.05, 4.69) is 60.2 Å². The molecule has 0 saturated carbocycles. The second kappa shape index (κ2) is 7.36. The molecule has 90 valence electrons. The van der Waals surface area contributed by atoms with Crippen molar-refractivity contribution >= 4 is 27.7 Å². The highest BCUT2D eigenvalue weighted by atomic mass is 79.9. The van der Waals surface area contributed by atoms with Gasteiger partial charge in [-0.2, -0.15) is 0 Å². The molecule has 0 fully saturated rings. The monoisotopic (exact) mass is 301 g/mol. The van der Waals surface area contributed by atoms with Gasteiger partial charge in [0, 0.05) is 15.4 Å². The fraction of sp³-hybridized carbons (Fsp3) is 0.538. The Morgan fingerprint density at radius 1 is 1.38 bits per heavy atom. The lowest BCUT2D eigenvalue weighted by Crippen LogP contribution is -2.19. The van der Waals surface area contributed by atoms with Gasteiger partial charge in [0.25, 0.3) is 0 Å². The number of hydrogen-bond acceptors (Lipinski definition) is 2. The number of halogens is 1. The molecule has 16 heavy (non-hydrogen) atoms. The molecule has 0 aliphatic heterocycles. The van der Waals surface area contributed by atoms with Crippen LogP contribution in [-0.2, 0) is 0 Å². The van der Waals surface area contributed by atoms with Crippen LogP contribution in [-0.4, -0.2) is 12.3 Å². The van der Waals surface area contributed by atoms with E-state index in [0.29, 0.717) is 6.04 Å². The molecule has 0 heterocycles. The Morgan fingerprint density at radius 2 is 2.12 bits per heavy atom. The van der Waals surface area contributed by atoms with Crippen molar-refractivity contribution in [2.45, 2.75) is 38.1 Å². The van der Waals surface area contributed by atoms with Gasteiger partial charge in [-0.3, -0.25) is 0 Å². The van der Waals surface area contributed by atoms with Crippen molar-refractivity contribution in [2.24, 2.45) is 0 Å². The van der Waals surface area contributed by atoms with E-state index in [1.54, 1.807) is 0 Å². The topological polar surface area (TPSA) is 12.0 Å². The van der Waals surface area contributed by atoms with Gasteiger partial charge in [-0.25, -0.2) is 0 Å². The van der Waals surface area contributed by atoms with Gasteiger partial charge >= 0.3 is 0 Å². The summed E-state index contributed by atoms with van der Waals surface area (Å²) in [5, 5.41) is 3.54. The van der Waals surface area contributed by atoms with Crippen LogP contribution in [0.25, 0.3) is 0 Å². The second-order valence-corrected chi connectivity index (χ2v) is 6.01. The lowest BCUT2D eigenvalue weighted by Gasteiger charge is -2.17. The van der Waals surface area contributed by atoms with E-state index in [1.807, 2.05) is 11.8 Å². The fourth-order valence-electron chi connectivity index (χ4n) is 1.62. The Balaban J connectivity index is 2.85. The van der Waals surface area contributed by atoms with E-state index in [4.69, 9.17) is 0 Å². The molecular weight excluding hydrogens is 282 g/mol. The van der Waals surface area contributed by atoms with E-state index < -0.39 is 0 Å². The van der Waals surface area contributed by atoms with Crippen molar-refractivity contribution in [3.63, 3.8) is 0 Å². The van der Waals surface area contributed by atoms with E-state index in [9.17, 15) is 0 Å². The van der Waals surface area contributed by atoms with Crippen molar-refractivity contribution in [3.05, 3.63) is 28.2 Å². The van der Waals surface area contributed by atoms with Crippen molar-refractivity contribution in [2.75, 3.05) is 12.3 Å². The number of rotatable bonds is 6. The van der Waals surface area contributed by atoms with Gasteiger partial charge in [0.15, 0.2) is 0 Å². The molecule has 1 N–H and O–H groups in total. The molecule has 0 aliphatic rings. The molecule has 0 aliphatic carbocycles. The standard InChI is InChI=1S/C13H20BrNS/c1-4-8-15-10(3)12-9-11(14)6-7-13(12)16-5-2/h6-7,9-10,15H,4-5,8H2,1-3H3. The maximum atomic E-state index is 3.55. The molecule has 1 aromatic carbocycles. The molecule has 0 aromatic heterocycles. The Bertz CT molecular complexity index is 328. The first-order valence-electron chi connectivity index (χ1n) is 5.84. The van der Waals surface area contributed by atoms with Gasteiger partial charge in [0.1, 0.15) is 0 Å². The van der Waals surface area contributed by atoms with Gasteiger partial charge < -0.3 is 5.32 Å². The van der Waals surface area contributed by atoms with Crippen molar-refractivity contribution < 1.29 is 0 Å². The maximum absolute atomic E-state index is 3.55. The molecule has 0 amide bonds. The first-order valence-corrected chi connectivity index (χ1v) is 7.62. The average molecular weight is 302 g/mol. The van der Waals surface area contributed by atoms with Gasteiger partial charge in [-0.1, -0.05) is 29.8 Å². The maximum Gasteiger partial charge on any atom is 0.0303 e. The summed E-state index contributed by atoms with van der Waals surface area (Å²) in [6.45, 7) is 7.70. The minimum atomic E-state index is 0.423. The number of benzene rings is 1. The molecule has 1 nitrogen and oxygen atoms in total. The third-order valence-electron chi connectivity index (χ3n) is 2.44. The zero-order valence-electron chi connectivity index (χ0n) is 10.2. The van der Waals surface area contributed by atoms with E-state index in [0.717, 1.165) is 16.8 Å². The Kier molecular flexibility index (Phi) is 6.47. The van der Waals surface area contributed by atoms with Crippen LogP contribution < -0.4 is 5.32 Å². The van der Waals surface area contributed by atoms with E-state index >= 15 is 0 Å². The Morgan fingerprint density at radius 3 is 2.75 bits per heavy atom. The third kappa shape index (κ3) is 4.11. The van der Waals surface area contributed by atoms with E-state index in [1.165, 1.54) is 16.9 Å². The van der Waals surface area contributed by atoms with Crippen molar-refractivity contribution in [1.82, 2.24) is 5.32 Å². The van der Waals surface area contributed by atoms with Gasteiger partial charge in [0.2, 0.25) is 0 Å². The Labute approximate surface area is 112 Å². The summed E-state index contributed by atoms with van der Waals surface area (Å²) in [6, 6.07) is 6.98. The molecule has 0 saturated heterocycles. The minimum absolute atomic E-state index is 0.423. The van der Waals surface area contributed by atoms with E-state index in [-0.39, 0.29) is 0 Å². The highest BCUT2D eigenvalue weighted by Crippen LogP contribution is 2.30. The van der Waals surface area contributed by atoms with Crippen LogP contribution in [0, 0.1) is 0 Å². The summed E-state index contributed by atoms with van der Waals surface area (Å²) in [4.78, 5) is 1.39. The molecule has 1 atom stereocenters.